The Balaban J connectivity index is 1.62. The molecule has 3 aromatic carbocycles. The van der Waals surface area contributed by atoms with Crippen LogP contribution in [-0.4, -0.2) is 75.1 Å². The number of nitrogens with one attached hydrogen (secondary N) is 1. The Kier molecular flexibility index (Phi) is 7.22. The first-order chi connectivity index (χ1) is 20.8. The van der Waals surface area contributed by atoms with Crippen LogP contribution in [0, 0.1) is 5.41 Å². The van der Waals surface area contributed by atoms with E-state index in [1.165, 1.54) is 0 Å². The fourth-order valence-corrected chi connectivity index (χ4v) is 7.35. The maximum Gasteiger partial charge on any atom is 0.410 e. The first kappa shape index (κ1) is 28.5. The van der Waals surface area contributed by atoms with E-state index in [0.29, 0.717) is 29.3 Å². The Morgan fingerprint density at radius 2 is 1.63 bits per heavy atom. The first-order valence-electron chi connectivity index (χ1n) is 14.4. The number of ether oxygens (including phenoxy) is 3. The quantitative estimate of drug-likeness (QED) is 0.437. The van der Waals surface area contributed by atoms with E-state index in [9.17, 15) is 9.59 Å². The highest BCUT2D eigenvalue weighted by Gasteiger charge is 2.75. The number of fused-ring (bicyclic) bond motifs is 3. The predicted octanol–water partition coefficient (Wildman–Crippen LogP) is 4.69. The molecule has 3 aromatic rings. The van der Waals surface area contributed by atoms with E-state index >= 15 is 4.79 Å². The van der Waals surface area contributed by atoms with Crippen LogP contribution in [0.2, 0.25) is 0 Å². The minimum Gasteiger partial charge on any atom is -0.497 e. The van der Waals surface area contributed by atoms with Gasteiger partial charge in [0, 0.05) is 35.8 Å². The number of hydrogen-bond acceptors (Lipinski definition) is 7. The SMILES string of the molecule is CCOC(=O)N1C/C(=C\c2ccc(OC)cc2)C(=O)[C@@]2(C1)[C@H](c1ccc(OC)cc1)CN(C)[C@]21C(=O)Nc2ccccc21. The third kappa shape index (κ3) is 4.21. The van der Waals surface area contributed by atoms with E-state index in [1.807, 2.05) is 90.8 Å². The van der Waals surface area contributed by atoms with E-state index < -0.39 is 23.0 Å². The summed E-state index contributed by atoms with van der Waals surface area (Å²) < 4.78 is 16.2. The van der Waals surface area contributed by atoms with Gasteiger partial charge in [0.25, 0.3) is 5.91 Å². The zero-order valence-electron chi connectivity index (χ0n) is 24.8. The van der Waals surface area contributed by atoms with Crippen LogP contribution in [-0.2, 0) is 19.9 Å². The number of rotatable bonds is 5. The smallest absolute Gasteiger partial charge is 0.410 e. The van der Waals surface area contributed by atoms with Crippen molar-refractivity contribution in [3.05, 3.63) is 95.1 Å². The van der Waals surface area contributed by atoms with E-state index in [1.54, 1.807) is 26.0 Å². The lowest BCUT2D eigenvalue weighted by atomic mass is 9.56. The Bertz CT molecular complexity index is 1600. The standard InChI is InChI=1S/C34H35N3O6/c1-5-43-32(40)37-19-24(18-22-10-14-25(41-3)15-11-22)30(38)33(21-37)28(23-12-16-26(42-4)17-13-23)20-36(2)34(33)27-8-6-7-9-29(27)35-31(34)39/h6-18,28H,5,19-21H2,1-4H3,(H,35,39)/b24-18+/t28-,33+,34+/m0/s1. The number of ketones is 1. The highest BCUT2D eigenvalue weighted by atomic mass is 16.6. The Hall–Kier alpha value is -4.63. The molecule has 222 valence electrons. The summed E-state index contributed by atoms with van der Waals surface area (Å²) in [6, 6.07) is 22.5. The fourth-order valence-electron chi connectivity index (χ4n) is 7.35. The van der Waals surface area contributed by atoms with Crippen molar-refractivity contribution >= 4 is 29.5 Å². The van der Waals surface area contributed by atoms with Gasteiger partial charge in [-0.2, -0.15) is 0 Å². The number of nitrogens with zero attached hydrogens (tertiary/aromatic N) is 2. The molecule has 3 atom stereocenters. The number of anilines is 1. The highest BCUT2D eigenvalue weighted by molar-refractivity contribution is 6.16. The molecule has 1 N–H and O–H groups in total. The third-order valence-electron chi connectivity index (χ3n) is 9.16. The molecule has 2 saturated heterocycles. The summed E-state index contributed by atoms with van der Waals surface area (Å²) in [6.07, 6.45) is 1.28. The van der Waals surface area contributed by atoms with Crippen LogP contribution in [0.3, 0.4) is 0 Å². The van der Waals surface area contributed by atoms with Gasteiger partial charge in [-0.15, -0.1) is 0 Å². The molecule has 2 spiro atoms. The zero-order valence-corrected chi connectivity index (χ0v) is 24.8. The van der Waals surface area contributed by atoms with Gasteiger partial charge in [0.2, 0.25) is 0 Å². The highest BCUT2D eigenvalue weighted by Crippen LogP contribution is 2.64. The minimum absolute atomic E-state index is 0.00735. The first-order valence-corrected chi connectivity index (χ1v) is 14.4. The summed E-state index contributed by atoms with van der Waals surface area (Å²) in [4.78, 5) is 46.7. The van der Waals surface area contributed by atoms with Gasteiger partial charge < -0.3 is 24.4 Å². The van der Waals surface area contributed by atoms with Crippen LogP contribution in [0.1, 0.15) is 29.5 Å². The van der Waals surface area contributed by atoms with Crippen LogP contribution in [0.4, 0.5) is 10.5 Å². The number of hydrogen-bond donors (Lipinski definition) is 1. The summed E-state index contributed by atoms with van der Waals surface area (Å²) in [5.41, 5.74) is 0.713. The van der Waals surface area contributed by atoms with Crippen molar-refractivity contribution < 1.29 is 28.6 Å². The van der Waals surface area contributed by atoms with Gasteiger partial charge in [0.1, 0.15) is 17.0 Å². The normalized spacial score (nSPS) is 25.7. The van der Waals surface area contributed by atoms with Gasteiger partial charge in [0.15, 0.2) is 5.78 Å². The lowest BCUT2D eigenvalue weighted by Gasteiger charge is -2.50. The molecule has 0 aromatic heterocycles. The van der Waals surface area contributed by atoms with Crippen LogP contribution in [0.5, 0.6) is 11.5 Å². The van der Waals surface area contributed by atoms with Crippen LogP contribution >= 0.6 is 0 Å². The molecular weight excluding hydrogens is 546 g/mol. The molecule has 9 nitrogen and oxygen atoms in total. The van der Waals surface area contributed by atoms with Crippen molar-refractivity contribution in [3.8, 4) is 11.5 Å². The second kappa shape index (κ2) is 10.9. The Morgan fingerprint density at radius 3 is 2.28 bits per heavy atom. The molecule has 0 aliphatic carbocycles. The maximum atomic E-state index is 15.3. The van der Waals surface area contributed by atoms with Crippen molar-refractivity contribution in [2.75, 3.05) is 52.8 Å². The summed E-state index contributed by atoms with van der Waals surface area (Å²) >= 11 is 0. The molecule has 3 heterocycles. The Morgan fingerprint density at radius 1 is 0.977 bits per heavy atom. The molecule has 9 heteroatoms. The number of amides is 2. The van der Waals surface area contributed by atoms with Crippen molar-refractivity contribution in [1.29, 1.82) is 0 Å². The summed E-state index contributed by atoms with van der Waals surface area (Å²) in [6.45, 7) is 2.41. The fraction of sp³-hybridized carbons (Fsp3) is 0.324. The van der Waals surface area contributed by atoms with Crippen molar-refractivity contribution in [3.63, 3.8) is 0 Å². The molecule has 2 amide bonds. The maximum absolute atomic E-state index is 15.3. The number of likely N-dealkylation sites (N-methyl/N-ethyl adjacent to an activating group) is 1. The molecule has 6 rings (SSSR count). The molecule has 3 aliphatic rings. The second-order valence-corrected chi connectivity index (χ2v) is 11.2. The average Bonchev–Trinajstić information content (AvgIpc) is 3.47. The minimum atomic E-state index is -1.38. The number of Topliss-reactive ketones (excluding diaryl/α,β-unsaturated/α-hetero) is 1. The number of carbonyl (C=O) groups excluding carboxylic acids is 3. The van der Waals surface area contributed by atoms with Crippen molar-refractivity contribution in [2.24, 2.45) is 5.41 Å². The third-order valence-corrected chi connectivity index (χ3v) is 9.16. The van der Waals surface area contributed by atoms with Crippen LogP contribution in [0.15, 0.2) is 78.4 Å². The van der Waals surface area contributed by atoms with Crippen LogP contribution in [0.25, 0.3) is 6.08 Å². The van der Waals surface area contributed by atoms with E-state index in [0.717, 1.165) is 16.7 Å². The largest absolute Gasteiger partial charge is 0.497 e. The van der Waals surface area contributed by atoms with E-state index in [4.69, 9.17) is 14.2 Å². The molecule has 0 unspecified atom stereocenters. The molecule has 0 radical (unpaired) electrons. The number of methoxy groups -OCH3 is 2. The van der Waals surface area contributed by atoms with E-state index in [2.05, 4.69) is 5.32 Å². The molecule has 2 fully saturated rings. The topological polar surface area (TPSA) is 97.4 Å². The number of likely N-dealkylation sites (tertiary alicyclic amines) is 2. The van der Waals surface area contributed by atoms with Crippen molar-refractivity contribution in [1.82, 2.24) is 9.80 Å². The molecular formula is C34H35N3O6. The number of benzene rings is 3. The van der Waals surface area contributed by atoms with Gasteiger partial charge in [-0.25, -0.2) is 4.79 Å². The van der Waals surface area contributed by atoms with Gasteiger partial charge >= 0.3 is 6.09 Å². The number of piperidine rings is 1. The molecule has 3 aliphatic heterocycles. The Labute approximate surface area is 251 Å². The van der Waals surface area contributed by atoms with Crippen molar-refractivity contribution in [2.45, 2.75) is 18.4 Å². The zero-order chi connectivity index (χ0) is 30.4. The van der Waals surface area contributed by atoms with E-state index in [-0.39, 0.29) is 31.4 Å². The van der Waals surface area contributed by atoms with Gasteiger partial charge in [0.05, 0.1) is 32.8 Å². The lowest BCUT2D eigenvalue weighted by molar-refractivity contribution is -0.146. The monoisotopic (exact) mass is 581 g/mol. The number of para-hydroxylation sites is 1. The molecule has 0 bridgehead atoms. The lowest BCUT2D eigenvalue weighted by Crippen LogP contribution is -2.66. The predicted molar refractivity (Wildman–Crippen MR) is 162 cm³/mol. The van der Waals surface area contributed by atoms with Gasteiger partial charge in [-0.05, 0) is 61.5 Å². The summed E-state index contributed by atoms with van der Waals surface area (Å²) in [5.74, 6) is 0.489. The number of carbonyl (C=O) groups is 3. The summed E-state index contributed by atoms with van der Waals surface area (Å²) in [5, 5.41) is 3.07. The van der Waals surface area contributed by atoms with Crippen LogP contribution < -0.4 is 14.8 Å². The second-order valence-electron chi connectivity index (χ2n) is 11.2. The van der Waals surface area contributed by atoms with Gasteiger partial charge in [-0.3, -0.25) is 14.5 Å². The molecule has 43 heavy (non-hydrogen) atoms. The molecule has 0 saturated carbocycles. The average molecular weight is 582 g/mol. The van der Waals surface area contributed by atoms with Gasteiger partial charge in [-0.1, -0.05) is 42.5 Å². The summed E-state index contributed by atoms with van der Waals surface area (Å²) in [7, 11) is 5.09.